The van der Waals surface area contributed by atoms with Gasteiger partial charge in [-0.05, 0) is 25.7 Å². The van der Waals surface area contributed by atoms with E-state index < -0.39 is 0 Å². The van der Waals surface area contributed by atoms with Gasteiger partial charge in [0.1, 0.15) is 11.6 Å². The molecule has 12 heavy (non-hydrogen) atoms. The number of anilines is 1. The fourth-order valence-electron chi connectivity index (χ4n) is 1.17. The van der Waals surface area contributed by atoms with Crippen LogP contribution in [-0.2, 0) is 6.42 Å². The van der Waals surface area contributed by atoms with Crippen LogP contribution in [0.2, 0.25) is 0 Å². The Bertz CT molecular complexity index is 292. The summed E-state index contributed by atoms with van der Waals surface area (Å²) >= 11 is 0. The number of nitrogens with zero attached hydrogens (tertiary/aromatic N) is 2. The van der Waals surface area contributed by atoms with Crippen LogP contribution < -0.4 is 5.73 Å². The van der Waals surface area contributed by atoms with Crippen molar-refractivity contribution in [2.24, 2.45) is 5.92 Å². The molecular formula is C9H13N3. The Labute approximate surface area is 72.0 Å². The standard InChI is InChI=1S/C9H13N3/c1-6-5-11-8(12-9(6)10)4-7-2-3-7/h5,7H,2-4H2,1H3,(H2,10,11,12). The summed E-state index contributed by atoms with van der Waals surface area (Å²) in [6.07, 6.45) is 5.47. The Hall–Kier alpha value is -1.12. The molecule has 0 aromatic carbocycles. The van der Waals surface area contributed by atoms with E-state index in [-0.39, 0.29) is 0 Å². The maximum absolute atomic E-state index is 5.67. The molecule has 2 rings (SSSR count). The van der Waals surface area contributed by atoms with Crippen LogP contribution in [0, 0.1) is 12.8 Å². The Kier molecular flexibility index (Phi) is 1.71. The van der Waals surface area contributed by atoms with Crippen LogP contribution in [0.15, 0.2) is 6.20 Å². The van der Waals surface area contributed by atoms with Crippen LogP contribution in [0.1, 0.15) is 24.2 Å². The Morgan fingerprint density at radius 1 is 1.58 bits per heavy atom. The second-order valence-electron chi connectivity index (χ2n) is 3.50. The first kappa shape index (κ1) is 7.53. The van der Waals surface area contributed by atoms with E-state index in [1.165, 1.54) is 12.8 Å². The number of aryl methyl sites for hydroxylation is 1. The van der Waals surface area contributed by atoms with Gasteiger partial charge in [-0.3, -0.25) is 0 Å². The highest BCUT2D eigenvalue weighted by atomic mass is 14.9. The molecule has 0 aliphatic heterocycles. The van der Waals surface area contributed by atoms with Crippen LogP contribution in [0.5, 0.6) is 0 Å². The smallest absolute Gasteiger partial charge is 0.130 e. The molecule has 1 aromatic rings. The molecule has 0 amide bonds. The van der Waals surface area contributed by atoms with Crippen LogP contribution in [0.4, 0.5) is 5.82 Å². The lowest BCUT2D eigenvalue weighted by molar-refractivity contribution is 0.769. The van der Waals surface area contributed by atoms with Gasteiger partial charge in [0.15, 0.2) is 0 Å². The molecule has 1 saturated carbocycles. The quantitative estimate of drug-likeness (QED) is 0.715. The largest absolute Gasteiger partial charge is 0.383 e. The average molecular weight is 163 g/mol. The summed E-state index contributed by atoms with van der Waals surface area (Å²) in [5.74, 6) is 2.35. The Balaban J connectivity index is 2.15. The summed E-state index contributed by atoms with van der Waals surface area (Å²) in [7, 11) is 0. The monoisotopic (exact) mass is 163 g/mol. The van der Waals surface area contributed by atoms with E-state index in [0.717, 1.165) is 23.7 Å². The summed E-state index contributed by atoms with van der Waals surface area (Å²) in [6.45, 7) is 1.93. The summed E-state index contributed by atoms with van der Waals surface area (Å²) in [6, 6.07) is 0. The maximum Gasteiger partial charge on any atom is 0.130 e. The van der Waals surface area contributed by atoms with E-state index in [0.29, 0.717) is 5.82 Å². The lowest BCUT2D eigenvalue weighted by Crippen LogP contribution is -2.02. The van der Waals surface area contributed by atoms with E-state index >= 15 is 0 Å². The number of hydrogen-bond acceptors (Lipinski definition) is 3. The lowest BCUT2D eigenvalue weighted by Gasteiger charge is -2.01. The van der Waals surface area contributed by atoms with Crippen molar-refractivity contribution < 1.29 is 0 Å². The topological polar surface area (TPSA) is 51.8 Å². The number of nitrogens with two attached hydrogens (primary N) is 1. The van der Waals surface area contributed by atoms with Gasteiger partial charge in [-0.25, -0.2) is 9.97 Å². The predicted octanol–water partition coefficient (Wildman–Crippen LogP) is 1.32. The summed E-state index contributed by atoms with van der Waals surface area (Å²) < 4.78 is 0. The molecule has 64 valence electrons. The molecule has 1 aliphatic rings. The number of aromatic nitrogens is 2. The molecule has 2 N–H and O–H groups in total. The zero-order chi connectivity index (χ0) is 8.55. The van der Waals surface area contributed by atoms with E-state index in [1.807, 2.05) is 6.92 Å². The second kappa shape index (κ2) is 2.73. The molecule has 0 unspecified atom stereocenters. The molecule has 1 fully saturated rings. The predicted molar refractivity (Wildman–Crippen MR) is 47.6 cm³/mol. The highest BCUT2D eigenvalue weighted by Crippen LogP contribution is 2.31. The van der Waals surface area contributed by atoms with Crippen molar-refractivity contribution in [3.63, 3.8) is 0 Å². The van der Waals surface area contributed by atoms with Crippen molar-refractivity contribution in [3.05, 3.63) is 17.6 Å². The minimum atomic E-state index is 0.626. The van der Waals surface area contributed by atoms with Gasteiger partial charge in [0.25, 0.3) is 0 Å². The van der Waals surface area contributed by atoms with Crippen molar-refractivity contribution in [1.82, 2.24) is 9.97 Å². The molecule has 0 saturated heterocycles. The Morgan fingerprint density at radius 2 is 2.33 bits per heavy atom. The third kappa shape index (κ3) is 1.55. The average Bonchev–Trinajstić information content (AvgIpc) is 2.81. The lowest BCUT2D eigenvalue weighted by atomic mass is 10.2. The van der Waals surface area contributed by atoms with Crippen molar-refractivity contribution in [2.75, 3.05) is 5.73 Å². The second-order valence-corrected chi connectivity index (χ2v) is 3.50. The van der Waals surface area contributed by atoms with Crippen molar-refractivity contribution in [1.29, 1.82) is 0 Å². The third-order valence-corrected chi connectivity index (χ3v) is 2.23. The zero-order valence-corrected chi connectivity index (χ0v) is 7.25. The highest BCUT2D eigenvalue weighted by Gasteiger charge is 2.22. The minimum Gasteiger partial charge on any atom is -0.383 e. The van der Waals surface area contributed by atoms with Crippen LogP contribution in [0.25, 0.3) is 0 Å². The van der Waals surface area contributed by atoms with E-state index in [9.17, 15) is 0 Å². The van der Waals surface area contributed by atoms with Gasteiger partial charge >= 0.3 is 0 Å². The van der Waals surface area contributed by atoms with E-state index in [2.05, 4.69) is 9.97 Å². The van der Waals surface area contributed by atoms with Gasteiger partial charge < -0.3 is 5.73 Å². The van der Waals surface area contributed by atoms with Crippen molar-refractivity contribution >= 4 is 5.82 Å². The molecular weight excluding hydrogens is 150 g/mol. The van der Waals surface area contributed by atoms with Crippen molar-refractivity contribution in [2.45, 2.75) is 26.2 Å². The van der Waals surface area contributed by atoms with Gasteiger partial charge in [-0.15, -0.1) is 0 Å². The van der Waals surface area contributed by atoms with Crippen LogP contribution >= 0.6 is 0 Å². The van der Waals surface area contributed by atoms with Crippen molar-refractivity contribution in [3.8, 4) is 0 Å². The number of nitrogen functional groups attached to an aromatic ring is 1. The maximum atomic E-state index is 5.67. The fraction of sp³-hybridized carbons (Fsp3) is 0.556. The Morgan fingerprint density at radius 3 is 2.92 bits per heavy atom. The normalized spacial score (nSPS) is 16.4. The van der Waals surface area contributed by atoms with E-state index in [1.54, 1.807) is 6.20 Å². The van der Waals surface area contributed by atoms with Gasteiger partial charge in [-0.1, -0.05) is 0 Å². The molecule has 3 nitrogen and oxygen atoms in total. The highest BCUT2D eigenvalue weighted by molar-refractivity contribution is 5.36. The van der Waals surface area contributed by atoms with Crippen LogP contribution in [0.3, 0.4) is 0 Å². The van der Waals surface area contributed by atoms with Gasteiger partial charge in [0, 0.05) is 18.2 Å². The third-order valence-electron chi connectivity index (χ3n) is 2.23. The molecule has 1 aliphatic carbocycles. The fourth-order valence-corrected chi connectivity index (χ4v) is 1.17. The first-order valence-corrected chi connectivity index (χ1v) is 4.33. The van der Waals surface area contributed by atoms with Gasteiger partial charge in [0.2, 0.25) is 0 Å². The molecule has 0 bridgehead atoms. The molecule has 1 aromatic heterocycles. The first-order valence-electron chi connectivity index (χ1n) is 4.33. The van der Waals surface area contributed by atoms with Gasteiger partial charge in [-0.2, -0.15) is 0 Å². The SMILES string of the molecule is Cc1cnc(CC2CC2)nc1N. The first-order chi connectivity index (χ1) is 5.75. The molecule has 0 spiro atoms. The van der Waals surface area contributed by atoms with Crippen LogP contribution in [-0.4, -0.2) is 9.97 Å². The number of hydrogen-bond donors (Lipinski definition) is 1. The van der Waals surface area contributed by atoms with E-state index in [4.69, 9.17) is 5.73 Å². The molecule has 1 heterocycles. The summed E-state index contributed by atoms with van der Waals surface area (Å²) in [5, 5.41) is 0. The zero-order valence-electron chi connectivity index (χ0n) is 7.25. The minimum absolute atomic E-state index is 0.626. The van der Waals surface area contributed by atoms with Gasteiger partial charge in [0.05, 0.1) is 0 Å². The number of rotatable bonds is 2. The molecule has 0 radical (unpaired) electrons. The summed E-state index contributed by atoms with van der Waals surface area (Å²) in [4.78, 5) is 8.45. The summed E-state index contributed by atoms with van der Waals surface area (Å²) in [5.41, 5.74) is 6.63. The molecule has 0 atom stereocenters. The molecule has 3 heteroatoms.